The highest BCUT2D eigenvalue weighted by molar-refractivity contribution is 7.81. The van der Waals surface area contributed by atoms with E-state index < -0.39 is 10.4 Å². The van der Waals surface area contributed by atoms with Crippen molar-refractivity contribution in [3.63, 3.8) is 0 Å². The van der Waals surface area contributed by atoms with Gasteiger partial charge in [-0.15, -0.1) is 0 Å². The van der Waals surface area contributed by atoms with Gasteiger partial charge >= 0.3 is 10.4 Å². The van der Waals surface area contributed by atoms with Crippen LogP contribution in [-0.2, 0) is 18.8 Å². The van der Waals surface area contributed by atoms with Crippen LogP contribution in [0, 0.1) is 0 Å². The first kappa shape index (κ1) is 33.0. The maximum Gasteiger partial charge on any atom is 0.399 e. The van der Waals surface area contributed by atoms with Gasteiger partial charge in [-0.25, -0.2) is 8.37 Å². The van der Waals surface area contributed by atoms with Crippen molar-refractivity contribution >= 4 is 16.2 Å². The van der Waals surface area contributed by atoms with Crippen molar-refractivity contribution in [3.8, 4) is 0 Å². The first-order valence-electron chi connectivity index (χ1n) is 13.6. The van der Waals surface area contributed by atoms with E-state index in [9.17, 15) is 8.42 Å². The predicted octanol–water partition coefficient (Wildman–Crippen LogP) is 6.35. The molecule has 0 fully saturated rings. The maximum absolute atomic E-state index is 10.4. The number of allylic oxidation sites excluding steroid dienone is 1. The number of nitrogens with zero attached hydrogens (tertiary/aromatic N) is 2. The first-order valence-corrected chi connectivity index (χ1v) is 15.0. The number of rotatable bonds is 20. The monoisotopic (exact) mass is 503 g/mol. The zero-order chi connectivity index (χ0) is 25.5. The second-order valence-corrected chi connectivity index (χ2v) is 10.1. The Bertz CT molecular complexity index is 610. The van der Waals surface area contributed by atoms with Crippen LogP contribution in [0.3, 0.4) is 0 Å². The quantitative estimate of drug-likeness (QED) is 0.195. The van der Waals surface area contributed by atoms with Gasteiger partial charge in [0, 0.05) is 6.54 Å². The lowest BCUT2D eigenvalue weighted by Gasteiger charge is -2.22. The molecule has 1 aliphatic rings. The minimum absolute atomic E-state index is 0.0715. The molecule has 2 N–H and O–H groups in total. The lowest BCUT2D eigenvalue weighted by atomic mass is 10.0. The minimum atomic E-state index is -3.68. The summed E-state index contributed by atoms with van der Waals surface area (Å²) < 4.78 is 29.2. The summed E-state index contributed by atoms with van der Waals surface area (Å²) in [6.45, 7) is 9.56. The van der Waals surface area contributed by atoms with Crippen LogP contribution in [0.4, 0.5) is 0 Å². The standard InChI is InChI=1S/C22H43N3.C4H10O4S/c1-3-4-5-6-7-8-9-10-11-12-13-14-15-16-17-18-22-24-19-20-25(22)21(2)23;1-3-7-9(5,6)8-4-2/h17-18,21H,3-16,19-20,23H2,1-2H3;3-4H2,1-2H3/b18-17+;. The maximum atomic E-state index is 10.4. The zero-order valence-electron chi connectivity index (χ0n) is 22.5. The van der Waals surface area contributed by atoms with Crippen LogP contribution < -0.4 is 5.73 Å². The summed E-state index contributed by atoms with van der Waals surface area (Å²) in [6, 6.07) is 0. The molecule has 0 radical (unpaired) electrons. The van der Waals surface area contributed by atoms with Gasteiger partial charge in [-0.2, -0.15) is 8.42 Å². The Morgan fingerprint density at radius 3 is 1.79 bits per heavy atom. The number of aliphatic imine (C=N–C) groups is 1. The molecular weight excluding hydrogens is 450 g/mol. The Morgan fingerprint density at radius 1 is 0.882 bits per heavy atom. The second-order valence-electron chi connectivity index (χ2n) is 8.83. The lowest BCUT2D eigenvalue weighted by Crippen LogP contribution is -2.41. The van der Waals surface area contributed by atoms with Gasteiger partial charge in [-0.3, -0.25) is 4.99 Å². The van der Waals surface area contributed by atoms with E-state index in [0.29, 0.717) is 0 Å². The van der Waals surface area contributed by atoms with Crippen LogP contribution in [-0.4, -0.2) is 51.6 Å². The normalized spacial score (nSPS) is 14.9. The molecule has 1 unspecified atom stereocenters. The lowest BCUT2D eigenvalue weighted by molar-refractivity contribution is 0.231. The van der Waals surface area contributed by atoms with Gasteiger partial charge in [-0.05, 0) is 39.7 Å². The molecule has 0 saturated heterocycles. The van der Waals surface area contributed by atoms with Gasteiger partial charge in [0.1, 0.15) is 5.84 Å². The fourth-order valence-electron chi connectivity index (χ4n) is 3.83. The second kappa shape index (κ2) is 22.5. The molecule has 1 aliphatic heterocycles. The van der Waals surface area contributed by atoms with E-state index in [0.717, 1.165) is 18.9 Å². The summed E-state index contributed by atoms with van der Waals surface area (Å²) in [4.78, 5) is 6.70. The van der Waals surface area contributed by atoms with Crippen molar-refractivity contribution in [1.82, 2.24) is 4.90 Å². The Kier molecular flexibility index (Phi) is 21.9. The van der Waals surface area contributed by atoms with Gasteiger partial charge in [0.2, 0.25) is 0 Å². The largest absolute Gasteiger partial charge is 0.399 e. The van der Waals surface area contributed by atoms with Gasteiger partial charge in [0.25, 0.3) is 0 Å². The molecule has 0 amide bonds. The average molecular weight is 504 g/mol. The number of hydrogen-bond acceptors (Lipinski definition) is 7. The third kappa shape index (κ3) is 19.4. The molecule has 7 nitrogen and oxygen atoms in total. The first-order chi connectivity index (χ1) is 16.4. The number of nitrogens with two attached hydrogens (primary N) is 1. The van der Waals surface area contributed by atoms with Crippen molar-refractivity contribution < 1.29 is 16.8 Å². The molecule has 34 heavy (non-hydrogen) atoms. The van der Waals surface area contributed by atoms with E-state index in [2.05, 4.69) is 37.3 Å². The fourth-order valence-corrected chi connectivity index (χ4v) is 4.48. The van der Waals surface area contributed by atoms with E-state index in [1.807, 2.05) is 6.92 Å². The SMILES string of the molecule is CCCCCCCCCCCCCCC/C=C/C1=NCCN1C(C)N.CCOS(=O)(=O)OCC. The molecule has 1 atom stereocenters. The molecule has 0 aromatic carbocycles. The summed E-state index contributed by atoms with van der Waals surface area (Å²) in [7, 11) is -3.68. The fraction of sp³-hybridized carbons (Fsp3) is 0.885. The van der Waals surface area contributed by atoms with Crippen molar-refractivity contribution in [1.29, 1.82) is 0 Å². The Labute approximate surface area is 210 Å². The van der Waals surface area contributed by atoms with E-state index in [1.165, 1.54) is 89.9 Å². The molecule has 0 aliphatic carbocycles. The molecule has 1 heterocycles. The highest BCUT2D eigenvalue weighted by Gasteiger charge is 2.16. The van der Waals surface area contributed by atoms with Crippen LogP contribution in [0.1, 0.15) is 118 Å². The number of amidine groups is 1. The van der Waals surface area contributed by atoms with Crippen LogP contribution in [0.2, 0.25) is 0 Å². The van der Waals surface area contributed by atoms with E-state index in [4.69, 9.17) is 5.73 Å². The summed E-state index contributed by atoms with van der Waals surface area (Å²) in [6.07, 6.45) is 24.1. The zero-order valence-corrected chi connectivity index (χ0v) is 23.3. The van der Waals surface area contributed by atoms with Gasteiger partial charge < -0.3 is 10.6 Å². The summed E-state index contributed by atoms with van der Waals surface area (Å²) >= 11 is 0. The van der Waals surface area contributed by atoms with E-state index >= 15 is 0 Å². The van der Waals surface area contributed by atoms with Crippen LogP contribution in [0.25, 0.3) is 0 Å². The van der Waals surface area contributed by atoms with Gasteiger partial charge in [0.05, 0.1) is 25.9 Å². The van der Waals surface area contributed by atoms with E-state index in [-0.39, 0.29) is 19.4 Å². The Hall–Kier alpha value is -0.960. The Balaban J connectivity index is 0.00000102. The molecule has 0 spiro atoms. The highest BCUT2D eigenvalue weighted by Crippen LogP contribution is 2.13. The minimum Gasteiger partial charge on any atom is -0.340 e. The summed E-state index contributed by atoms with van der Waals surface area (Å²) in [5, 5.41) is 0. The van der Waals surface area contributed by atoms with Crippen LogP contribution in [0.15, 0.2) is 17.1 Å². The summed E-state index contributed by atoms with van der Waals surface area (Å²) in [5.74, 6) is 1.07. The van der Waals surface area contributed by atoms with Crippen molar-refractivity contribution in [2.45, 2.75) is 124 Å². The number of unbranched alkanes of at least 4 members (excludes halogenated alkanes) is 13. The summed E-state index contributed by atoms with van der Waals surface area (Å²) in [5.41, 5.74) is 5.96. The molecule has 8 heteroatoms. The molecular formula is C26H53N3O4S. The average Bonchev–Trinajstić information content (AvgIpc) is 3.26. The van der Waals surface area contributed by atoms with Crippen molar-refractivity contribution in [2.75, 3.05) is 26.3 Å². The molecule has 0 bridgehead atoms. The van der Waals surface area contributed by atoms with Crippen LogP contribution >= 0.6 is 0 Å². The highest BCUT2D eigenvalue weighted by atomic mass is 32.3. The molecule has 0 aromatic rings. The van der Waals surface area contributed by atoms with Crippen LogP contribution in [0.5, 0.6) is 0 Å². The predicted molar refractivity (Wildman–Crippen MR) is 144 cm³/mol. The molecule has 0 saturated carbocycles. The third-order valence-electron chi connectivity index (χ3n) is 5.67. The third-order valence-corrected chi connectivity index (χ3v) is 6.71. The number of hydrogen-bond donors (Lipinski definition) is 1. The topological polar surface area (TPSA) is 94.2 Å². The van der Waals surface area contributed by atoms with E-state index in [1.54, 1.807) is 13.8 Å². The van der Waals surface area contributed by atoms with Gasteiger partial charge in [0.15, 0.2) is 0 Å². The van der Waals surface area contributed by atoms with Crippen molar-refractivity contribution in [3.05, 3.63) is 12.2 Å². The van der Waals surface area contributed by atoms with Gasteiger partial charge in [-0.1, -0.05) is 90.0 Å². The molecule has 0 aromatic heterocycles. The smallest absolute Gasteiger partial charge is 0.340 e. The molecule has 1 rings (SSSR count). The molecule has 202 valence electrons. The van der Waals surface area contributed by atoms with Crippen molar-refractivity contribution in [2.24, 2.45) is 10.7 Å². The Morgan fingerprint density at radius 2 is 1.35 bits per heavy atom.